The van der Waals surface area contributed by atoms with Crippen molar-refractivity contribution < 1.29 is 24.4 Å². The molecular weight excluding hydrogens is 304 g/mol. The maximum absolute atomic E-state index is 9.37. The van der Waals surface area contributed by atoms with Crippen LogP contribution in [0.2, 0.25) is 0 Å². The second kappa shape index (κ2) is 6.71. The highest BCUT2D eigenvalue weighted by Crippen LogP contribution is 2.32. The summed E-state index contributed by atoms with van der Waals surface area (Å²) in [5.74, 6) is 2.08. The third kappa shape index (κ3) is 3.47. The van der Waals surface area contributed by atoms with E-state index in [4.69, 9.17) is 9.47 Å². The number of nitrogens with one attached hydrogen (secondary N) is 2. The zero-order chi connectivity index (χ0) is 16.4. The summed E-state index contributed by atoms with van der Waals surface area (Å²) >= 11 is 0. The smallest absolute Gasteiger partial charge is 0.231 e. The first-order valence-corrected chi connectivity index (χ1v) is 8.60. The maximum atomic E-state index is 9.37. The van der Waals surface area contributed by atoms with Gasteiger partial charge in [0.2, 0.25) is 6.79 Å². The Bertz CT molecular complexity index is 694. The van der Waals surface area contributed by atoms with E-state index < -0.39 is 0 Å². The van der Waals surface area contributed by atoms with E-state index in [1.807, 2.05) is 18.2 Å². The van der Waals surface area contributed by atoms with Crippen molar-refractivity contribution >= 4 is 0 Å². The molecule has 0 atom stereocenters. The molecule has 2 aromatic rings. The summed E-state index contributed by atoms with van der Waals surface area (Å²) < 4.78 is 10.8. The molecule has 4 rings (SSSR count). The van der Waals surface area contributed by atoms with Crippen molar-refractivity contribution in [2.24, 2.45) is 0 Å². The average molecular weight is 328 g/mol. The standard InChI is InChI=1S/C19H22N2O3/c22-17-4-1-15(2-5-17)12-20-7-9-21(10-8-20)13-16-3-6-18-19(11-16)24-14-23-18/h1-6,11,22H,7-10,12-14H2/p+2. The first-order chi connectivity index (χ1) is 11.8. The second-order valence-corrected chi connectivity index (χ2v) is 6.71. The summed E-state index contributed by atoms with van der Waals surface area (Å²) in [6.45, 7) is 7.15. The molecular formula is C19H24N2O3+2. The Balaban J connectivity index is 1.29. The SMILES string of the molecule is Oc1ccc(C[NH+]2CC[NH+](Cc3ccc4c(c3)OCO4)CC2)cc1. The highest BCUT2D eigenvalue weighted by atomic mass is 16.7. The lowest BCUT2D eigenvalue weighted by molar-refractivity contribution is -1.02. The van der Waals surface area contributed by atoms with Crippen molar-refractivity contribution in [3.05, 3.63) is 53.6 Å². The van der Waals surface area contributed by atoms with E-state index in [0.717, 1.165) is 24.6 Å². The number of hydrogen-bond acceptors (Lipinski definition) is 3. The summed E-state index contributed by atoms with van der Waals surface area (Å²) in [7, 11) is 0. The topological polar surface area (TPSA) is 47.6 Å². The Kier molecular flexibility index (Phi) is 4.28. The lowest BCUT2D eigenvalue weighted by atomic mass is 10.1. The summed E-state index contributed by atoms with van der Waals surface area (Å²) in [6, 6.07) is 13.9. The Hall–Kier alpha value is -2.24. The lowest BCUT2D eigenvalue weighted by Crippen LogP contribution is -3.27. The van der Waals surface area contributed by atoms with Gasteiger partial charge in [0.05, 0.1) is 0 Å². The molecule has 24 heavy (non-hydrogen) atoms. The molecule has 0 aliphatic carbocycles. The van der Waals surface area contributed by atoms with E-state index in [0.29, 0.717) is 12.5 Å². The molecule has 1 saturated heterocycles. The monoisotopic (exact) mass is 328 g/mol. The Labute approximate surface area is 142 Å². The van der Waals surface area contributed by atoms with E-state index in [1.54, 1.807) is 21.9 Å². The number of rotatable bonds is 4. The molecule has 2 aromatic carbocycles. The number of benzene rings is 2. The number of piperazine rings is 1. The number of quaternary nitrogens is 2. The fourth-order valence-electron chi connectivity index (χ4n) is 3.55. The van der Waals surface area contributed by atoms with Gasteiger partial charge in [0.15, 0.2) is 11.5 Å². The Morgan fingerprint density at radius 1 is 0.750 bits per heavy atom. The number of phenolic OH excluding ortho intramolecular Hbond substituents is 1. The molecule has 126 valence electrons. The van der Waals surface area contributed by atoms with Gasteiger partial charge in [-0.1, -0.05) is 0 Å². The van der Waals surface area contributed by atoms with Crippen LogP contribution < -0.4 is 19.3 Å². The van der Waals surface area contributed by atoms with Gasteiger partial charge >= 0.3 is 0 Å². The fraction of sp³-hybridized carbons (Fsp3) is 0.368. The first-order valence-electron chi connectivity index (χ1n) is 8.60. The molecule has 0 radical (unpaired) electrons. The molecule has 0 aromatic heterocycles. The normalized spacial score (nSPS) is 22.5. The Morgan fingerprint density at radius 2 is 1.33 bits per heavy atom. The Morgan fingerprint density at radius 3 is 2.04 bits per heavy atom. The van der Waals surface area contributed by atoms with Gasteiger partial charge in [-0.15, -0.1) is 0 Å². The van der Waals surface area contributed by atoms with Crippen molar-refractivity contribution in [1.29, 1.82) is 0 Å². The van der Waals surface area contributed by atoms with Crippen LogP contribution in [-0.2, 0) is 13.1 Å². The summed E-state index contributed by atoms with van der Waals surface area (Å²) in [6.07, 6.45) is 0. The number of hydrogen-bond donors (Lipinski definition) is 3. The van der Waals surface area contributed by atoms with Crippen LogP contribution in [0.25, 0.3) is 0 Å². The van der Waals surface area contributed by atoms with Crippen LogP contribution in [0, 0.1) is 0 Å². The first kappa shape index (κ1) is 15.3. The molecule has 2 heterocycles. The third-order valence-corrected chi connectivity index (χ3v) is 4.95. The number of ether oxygens (including phenoxy) is 2. The van der Waals surface area contributed by atoms with Crippen molar-refractivity contribution in [3.8, 4) is 17.2 Å². The minimum absolute atomic E-state index is 0.338. The molecule has 1 fully saturated rings. The molecule has 5 nitrogen and oxygen atoms in total. The average Bonchev–Trinajstić information content (AvgIpc) is 3.06. The minimum atomic E-state index is 0.338. The quantitative estimate of drug-likeness (QED) is 0.716. The molecule has 0 spiro atoms. The zero-order valence-electron chi connectivity index (χ0n) is 13.8. The zero-order valence-corrected chi connectivity index (χ0v) is 13.8. The molecule has 0 unspecified atom stereocenters. The number of aromatic hydroxyl groups is 1. The highest BCUT2D eigenvalue weighted by Gasteiger charge is 2.24. The van der Waals surface area contributed by atoms with Crippen molar-refractivity contribution in [2.45, 2.75) is 13.1 Å². The van der Waals surface area contributed by atoms with Crippen LogP contribution in [0.4, 0.5) is 0 Å². The predicted molar refractivity (Wildman–Crippen MR) is 89.5 cm³/mol. The van der Waals surface area contributed by atoms with Crippen molar-refractivity contribution in [3.63, 3.8) is 0 Å². The second-order valence-electron chi connectivity index (χ2n) is 6.71. The largest absolute Gasteiger partial charge is 0.508 e. The predicted octanol–water partition coefficient (Wildman–Crippen LogP) is -0.395. The third-order valence-electron chi connectivity index (χ3n) is 4.95. The van der Waals surface area contributed by atoms with E-state index in [-0.39, 0.29) is 0 Å². The van der Waals surface area contributed by atoms with Gasteiger partial charge in [0.1, 0.15) is 45.0 Å². The minimum Gasteiger partial charge on any atom is -0.508 e. The van der Waals surface area contributed by atoms with E-state index in [2.05, 4.69) is 12.1 Å². The molecule has 0 amide bonds. The van der Waals surface area contributed by atoms with Crippen LogP contribution in [0.5, 0.6) is 17.2 Å². The van der Waals surface area contributed by atoms with Crippen LogP contribution in [-0.4, -0.2) is 38.1 Å². The van der Waals surface area contributed by atoms with Gasteiger partial charge in [0, 0.05) is 11.1 Å². The van der Waals surface area contributed by atoms with E-state index >= 15 is 0 Å². The van der Waals surface area contributed by atoms with Crippen molar-refractivity contribution in [2.75, 3.05) is 33.0 Å². The molecule has 2 aliphatic heterocycles. The van der Waals surface area contributed by atoms with Gasteiger partial charge in [-0.3, -0.25) is 0 Å². The summed E-state index contributed by atoms with van der Waals surface area (Å²) in [5.41, 5.74) is 2.61. The maximum Gasteiger partial charge on any atom is 0.231 e. The van der Waals surface area contributed by atoms with Crippen LogP contribution in [0.3, 0.4) is 0 Å². The summed E-state index contributed by atoms with van der Waals surface area (Å²) in [5, 5.41) is 9.37. The van der Waals surface area contributed by atoms with Gasteiger partial charge in [-0.05, 0) is 42.5 Å². The van der Waals surface area contributed by atoms with Gasteiger partial charge < -0.3 is 24.4 Å². The fourth-order valence-corrected chi connectivity index (χ4v) is 3.55. The molecule has 0 bridgehead atoms. The van der Waals surface area contributed by atoms with Gasteiger partial charge in [0.25, 0.3) is 0 Å². The summed E-state index contributed by atoms with van der Waals surface area (Å²) in [4.78, 5) is 3.25. The van der Waals surface area contributed by atoms with Crippen LogP contribution in [0.15, 0.2) is 42.5 Å². The van der Waals surface area contributed by atoms with Gasteiger partial charge in [-0.2, -0.15) is 0 Å². The lowest BCUT2D eigenvalue weighted by Gasteiger charge is -2.29. The molecule has 2 aliphatic rings. The van der Waals surface area contributed by atoms with E-state index in [1.165, 1.54) is 37.3 Å². The van der Waals surface area contributed by atoms with Crippen LogP contribution >= 0.6 is 0 Å². The molecule has 3 N–H and O–H groups in total. The molecule has 5 heteroatoms. The van der Waals surface area contributed by atoms with Gasteiger partial charge in [-0.25, -0.2) is 0 Å². The highest BCUT2D eigenvalue weighted by molar-refractivity contribution is 5.44. The molecule has 0 saturated carbocycles. The van der Waals surface area contributed by atoms with Crippen LogP contribution in [0.1, 0.15) is 11.1 Å². The number of fused-ring (bicyclic) bond motifs is 1. The number of phenols is 1. The van der Waals surface area contributed by atoms with E-state index in [9.17, 15) is 5.11 Å². The van der Waals surface area contributed by atoms with Crippen molar-refractivity contribution in [1.82, 2.24) is 0 Å².